The van der Waals surface area contributed by atoms with Crippen molar-refractivity contribution in [1.29, 1.82) is 0 Å². The number of ether oxygens (including phenoxy) is 1. The Balaban J connectivity index is 0.918. The van der Waals surface area contributed by atoms with E-state index in [1.54, 1.807) is 0 Å². The first-order valence-electron chi connectivity index (χ1n) is 21.1. The van der Waals surface area contributed by atoms with Crippen molar-refractivity contribution in [2.24, 2.45) is 0 Å². The summed E-state index contributed by atoms with van der Waals surface area (Å²) in [5, 5.41) is 8.42. The van der Waals surface area contributed by atoms with Gasteiger partial charge >= 0.3 is 0 Å². The number of para-hydroxylation sites is 3. The number of benzene rings is 6. The summed E-state index contributed by atoms with van der Waals surface area (Å²) in [5.41, 5.74) is 9.95. The van der Waals surface area contributed by atoms with Crippen LogP contribution in [0.2, 0.25) is 26.2 Å². The van der Waals surface area contributed by atoms with Crippen LogP contribution in [0.25, 0.3) is 27.6 Å². The van der Waals surface area contributed by atoms with Gasteiger partial charge < -0.3 is 19.4 Å². The van der Waals surface area contributed by atoms with E-state index in [1.165, 1.54) is 59.8 Å². The summed E-state index contributed by atoms with van der Waals surface area (Å²) < 4.78 is 8.95. The van der Waals surface area contributed by atoms with E-state index in [2.05, 4.69) is 212 Å². The average molecular weight is 816 g/mol. The van der Waals surface area contributed by atoms with Crippen LogP contribution in [0.4, 0.5) is 28.4 Å². The topological polar surface area (TPSA) is 36.8 Å². The molecule has 0 saturated heterocycles. The summed E-state index contributed by atoms with van der Waals surface area (Å²) in [7, 11) is -4.09. The van der Waals surface area contributed by atoms with E-state index in [-0.39, 0.29) is 5.41 Å². The Morgan fingerprint density at radius 2 is 1.17 bits per heavy atom. The molecule has 0 saturated carbocycles. The highest BCUT2D eigenvalue weighted by Crippen LogP contribution is 2.43. The molecule has 0 amide bonds. The Morgan fingerprint density at radius 3 is 1.87 bits per heavy atom. The fraction of sp³-hybridized carbons (Fsp3) is 0.173. The van der Waals surface area contributed by atoms with E-state index in [0.29, 0.717) is 0 Å². The van der Waals surface area contributed by atoms with Crippen molar-refractivity contribution in [3.05, 3.63) is 164 Å². The zero-order valence-corrected chi connectivity index (χ0v) is 37.4. The van der Waals surface area contributed by atoms with Crippen LogP contribution >= 0.6 is 0 Å². The predicted molar refractivity (Wildman–Crippen MR) is 257 cm³/mol. The van der Waals surface area contributed by atoms with Crippen LogP contribution in [0.15, 0.2) is 158 Å². The third-order valence-corrected chi connectivity index (χ3v) is 20.2. The maximum Gasteiger partial charge on any atom is 0.137 e. The molecule has 8 aromatic rings. The van der Waals surface area contributed by atoms with Gasteiger partial charge in [0.25, 0.3) is 0 Å². The SMILES string of the molecule is CC(C)(C)c1ccnc(-n2c3ccccc3c3ccc(Oc4cccc(N5C=CN(c6cc7c8c(c6)[Si](C)(C)c6ccccc6N8c6ccccc6[Si]7(C)C)C5)c4)cc32)c1. The fourth-order valence-electron chi connectivity index (χ4n) is 9.92. The molecule has 5 heterocycles. The summed E-state index contributed by atoms with van der Waals surface area (Å²) in [6, 6.07) is 51.1. The van der Waals surface area contributed by atoms with Crippen molar-refractivity contribution in [3.8, 4) is 17.3 Å². The van der Waals surface area contributed by atoms with E-state index < -0.39 is 16.1 Å². The zero-order chi connectivity index (χ0) is 41.1. The second-order valence-electron chi connectivity index (χ2n) is 18.7. The third-order valence-electron chi connectivity index (χ3n) is 13.2. The molecule has 296 valence electrons. The molecule has 0 spiro atoms. The maximum atomic E-state index is 6.68. The molecule has 0 unspecified atom stereocenters. The van der Waals surface area contributed by atoms with Crippen LogP contribution in [0, 0.1) is 0 Å². The first-order chi connectivity index (χ1) is 28.9. The Hall–Kier alpha value is -6.36. The molecule has 0 fully saturated rings. The lowest BCUT2D eigenvalue weighted by atomic mass is 9.88. The molecular formula is C52H49N5OSi2. The molecule has 11 rings (SSSR count). The molecule has 6 nitrogen and oxygen atoms in total. The molecule has 2 aromatic heterocycles. The molecule has 8 heteroatoms. The number of hydrogen-bond acceptors (Lipinski definition) is 5. The number of aromatic nitrogens is 2. The van der Waals surface area contributed by atoms with Crippen molar-refractivity contribution in [2.45, 2.75) is 52.4 Å². The highest BCUT2D eigenvalue weighted by Gasteiger charge is 2.47. The molecule has 0 aliphatic carbocycles. The van der Waals surface area contributed by atoms with Crippen LogP contribution in [-0.2, 0) is 5.41 Å². The number of anilines is 5. The molecule has 3 aliphatic rings. The summed E-state index contributed by atoms with van der Waals surface area (Å²) in [6.07, 6.45) is 6.37. The smallest absolute Gasteiger partial charge is 0.137 e. The van der Waals surface area contributed by atoms with Crippen LogP contribution in [-0.4, -0.2) is 32.4 Å². The van der Waals surface area contributed by atoms with Gasteiger partial charge in [-0.15, -0.1) is 0 Å². The van der Waals surface area contributed by atoms with Crippen molar-refractivity contribution in [2.75, 3.05) is 21.4 Å². The lowest BCUT2D eigenvalue weighted by molar-refractivity contribution is 0.483. The Morgan fingerprint density at radius 1 is 0.550 bits per heavy atom. The second kappa shape index (κ2) is 13.1. The van der Waals surface area contributed by atoms with Crippen molar-refractivity contribution in [1.82, 2.24) is 9.55 Å². The van der Waals surface area contributed by atoms with Gasteiger partial charge in [-0.05, 0) is 98.5 Å². The number of fused-ring (bicyclic) bond motifs is 7. The van der Waals surface area contributed by atoms with Gasteiger partial charge in [0.1, 0.15) is 33.5 Å². The zero-order valence-electron chi connectivity index (χ0n) is 35.4. The van der Waals surface area contributed by atoms with Gasteiger partial charge in [-0.2, -0.15) is 0 Å². The van der Waals surface area contributed by atoms with E-state index in [0.717, 1.165) is 40.7 Å². The molecule has 6 aromatic carbocycles. The van der Waals surface area contributed by atoms with E-state index in [9.17, 15) is 0 Å². The van der Waals surface area contributed by atoms with Crippen LogP contribution in [0.5, 0.6) is 11.5 Å². The fourth-order valence-corrected chi connectivity index (χ4v) is 16.0. The number of hydrogen-bond donors (Lipinski definition) is 0. The minimum Gasteiger partial charge on any atom is -0.457 e. The first-order valence-corrected chi connectivity index (χ1v) is 27.1. The van der Waals surface area contributed by atoms with Gasteiger partial charge in [0.15, 0.2) is 0 Å². The van der Waals surface area contributed by atoms with Crippen molar-refractivity contribution in [3.63, 3.8) is 0 Å². The maximum absolute atomic E-state index is 6.68. The molecule has 0 bridgehead atoms. The largest absolute Gasteiger partial charge is 0.457 e. The minimum atomic E-state index is -2.04. The summed E-state index contributed by atoms with van der Waals surface area (Å²) in [4.78, 5) is 12.2. The number of pyridine rings is 1. The summed E-state index contributed by atoms with van der Waals surface area (Å²) in [6.45, 7) is 17.6. The van der Waals surface area contributed by atoms with Gasteiger partial charge in [0.05, 0.1) is 17.7 Å². The van der Waals surface area contributed by atoms with Gasteiger partial charge in [-0.3, -0.25) is 4.57 Å². The highest BCUT2D eigenvalue weighted by atomic mass is 28.3. The molecular weight excluding hydrogens is 767 g/mol. The Kier molecular flexibility index (Phi) is 8.00. The standard InChI is InChI=1S/C52H49N5OSi2/c1-52(2,3)35-25-26-53-50(29-35)56-42-18-9-8-17-40(42)41-24-23-39(33-45(41)56)58-38-16-14-15-36(30-38)54-27-28-55(34-54)37-31-48-51-49(32-37)60(6,7)47-22-13-11-20-44(47)57(51)43-19-10-12-21-46(43)59(48,4)5/h8-33H,34H2,1-7H3. The first kappa shape index (κ1) is 36.7. The van der Waals surface area contributed by atoms with E-state index in [4.69, 9.17) is 9.72 Å². The van der Waals surface area contributed by atoms with E-state index in [1.807, 2.05) is 12.3 Å². The Bertz CT molecular complexity index is 3000. The molecule has 0 radical (unpaired) electrons. The highest BCUT2D eigenvalue weighted by molar-refractivity contribution is 7.07. The number of nitrogens with zero attached hydrogens (tertiary/aromatic N) is 5. The average Bonchev–Trinajstić information content (AvgIpc) is 3.87. The van der Waals surface area contributed by atoms with Crippen molar-refractivity contribution >= 4 is 87.1 Å². The lowest BCUT2D eigenvalue weighted by Gasteiger charge is -2.49. The molecule has 60 heavy (non-hydrogen) atoms. The summed E-state index contributed by atoms with van der Waals surface area (Å²) in [5.74, 6) is 2.49. The third kappa shape index (κ3) is 5.54. The van der Waals surface area contributed by atoms with Crippen molar-refractivity contribution < 1.29 is 4.74 Å². The molecule has 3 aliphatic heterocycles. The van der Waals surface area contributed by atoms with Gasteiger partial charge in [0.2, 0.25) is 0 Å². The monoisotopic (exact) mass is 815 g/mol. The Labute approximate surface area is 354 Å². The van der Waals surface area contributed by atoms with Crippen LogP contribution in [0.3, 0.4) is 0 Å². The van der Waals surface area contributed by atoms with Crippen LogP contribution in [0.1, 0.15) is 26.3 Å². The normalized spacial score (nSPS) is 15.9. The quantitative estimate of drug-likeness (QED) is 0.162. The molecule has 0 N–H and O–H groups in total. The second-order valence-corrected chi connectivity index (χ2v) is 27.3. The van der Waals surface area contributed by atoms with Gasteiger partial charge in [0, 0.05) is 69.9 Å². The number of rotatable bonds is 5. The van der Waals surface area contributed by atoms with Gasteiger partial charge in [-0.1, -0.05) is 108 Å². The van der Waals surface area contributed by atoms with E-state index >= 15 is 0 Å². The minimum absolute atomic E-state index is 0.00646. The summed E-state index contributed by atoms with van der Waals surface area (Å²) >= 11 is 0. The van der Waals surface area contributed by atoms with Crippen LogP contribution < -0.4 is 40.2 Å². The molecule has 0 atom stereocenters. The van der Waals surface area contributed by atoms with Gasteiger partial charge in [-0.25, -0.2) is 4.98 Å². The predicted octanol–water partition coefficient (Wildman–Crippen LogP) is 10.8. The lowest BCUT2D eigenvalue weighted by Crippen LogP contribution is -2.66.